The second kappa shape index (κ2) is 6.54. The van der Waals surface area contributed by atoms with E-state index in [2.05, 4.69) is 10.5 Å². The van der Waals surface area contributed by atoms with Crippen molar-refractivity contribution in [2.24, 2.45) is 11.8 Å². The number of carbonyl (C=O) groups is 1. The first kappa shape index (κ1) is 16.2. The summed E-state index contributed by atoms with van der Waals surface area (Å²) < 4.78 is 10.9. The Morgan fingerprint density at radius 2 is 1.84 bits per heavy atom. The molecule has 2 fully saturated rings. The van der Waals surface area contributed by atoms with Crippen molar-refractivity contribution in [3.63, 3.8) is 0 Å². The number of aromatic nitrogens is 1. The molecule has 0 unspecified atom stereocenters. The number of aryl methyl sites for hydroxylation is 2. The Balaban J connectivity index is 1.35. The maximum atomic E-state index is 12.5. The number of hydrogen-bond donors (Lipinski definition) is 1. The molecule has 1 aromatic carbocycles. The number of benzene rings is 1. The number of hydrogen-bond acceptors (Lipinski definition) is 4. The van der Waals surface area contributed by atoms with E-state index in [0.717, 1.165) is 22.8 Å². The number of rotatable bonds is 7. The topological polar surface area (TPSA) is 64.4 Å². The summed E-state index contributed by atoms with van der Waals surface area (Å²) in [7, 11) is 0. The van der Waals surface area contributed by atoms with E-state index in [4.69, 9.17) is 9.26 Å². The second-order valence-electron chi connectivity index (χ2n) is 7.29. The highest BCUT2D eigenvalue weighted by atomic mass is 16.5. The van der Waals surface area contributed by atoms with Gasteiger partial charge in [-0.05, 0) is 75.6 Å². The van der Waals surface area contributed by atoms with Gasteiger partial charge in [-0.25, -0.2) is 0 Å². The molecule has 2 aliphatic rings. The van der Waals surface area contributed by atoms with Crippen LogP contribution in [0, 0.1) is 25.7 Å². The molecule has 0 spiro atoms. The van der Waals surface area contributed by atoms with Crippen LogP contribution in [0.15, 0.2) is 28.8 Å². The van der Waals surface area contributed by atoms with Gasteiger partial charge >= 0.3 is 0 Å². The third-order valence-electron chi connectivity index (χ3n) is 5.24. The van der Waals surface area contributed by atoms with Gasteiger partial charge in [0.25, 0.3) is 5.91 Å². The van der Waals surface area contributed by atoms with Gasteiger partial charge in [0.2, 0.25) is 0 Å². The van der Waals surface area contributed by atoms with E-state index < -0.39 is 0 Å². The fourth-order valence-electron chi connectivity index (χ4n) is 3.33. The molecule has 1 N–H and O–H groups in total. The minimum Gasteiger partial charge on any atom is -0.489 e. The molecule has 2 aliphatic carbocycles. The van der Waals surface area contributed by atoms with Crippen LogP contribution in [0.25, 0.3) is 0 Å². The smallest absolute Gasteiger partial charge is 0.251 e. The molecule has 2 aromatic rings. The number of ether oxygens (including phenoxy) is 1. The quantitative estimate of drug-likeness (QED) is 0.833. The fraction of sp³-hybridized carbons (Fsp3) is 0.500. The Labute approximate surface area is 147 Å². The molecule has 0 aliphatic heterocycles. The van der Waals surface area contributed by atoms with Gasteiger partial charge in [-0.3, -0.25) is 4.79 Å². The maximum absolute atomic E-state index is 12.5. The van der Waals surface area contributed by atoms with Crippen molar-refractivity contribution < 1.29 is 14.1 Å². The lowest BCUT2D eigenvalue weighted by molar-refractivity contribution is 0.0926. The summed E-state index contributed by atoms with van der Waals surface area (Å²) in [5.74, 6) is 2.95. The zero-order chi connectivity index (χ0) is 17.4. The lowest BCUT2D eigenvalue weighted by Gasteiger charge is -2.17. The average molecular weight is 340 g/mol. The van der Waals surface area contributed by atoms with Crippen LogP contribution in [-0.2, 0) is 6.61 Å². The van der Waals surface area contributed by atoms with Crippen molar-refractivity contribution in [3.8, 4) is 5.75 Å². The number of nitrogens with zero attached hydrogens (tertiary/aromatic N) is 1. The van der Waals surface area contributed by atoms with Crippen molar-refractivity contribution in [1.82, 2.24) is 10.5 Å². The Bertz CT molecular complexity index is 726. The van der Waals surface area contributed by atoms with Gasteiger partial charge in [-0.15, -0.1) is 0 Å². The lowest BCUT2D eigenvalue weighted by Crippen LogP contribution is -2.38. The van der Waals surface area contributed by atoms with Crippen molar-refractivity contribution in [2.75, 3.05) is 0 Å². The maximum Gasteiger partial charge on any atom is 0.251 e. The Kier molecular flexibility index (Phi) is 4.24. The van der Waals surface area contributed by atoms with E-state index in [0.29, 0.717) is 30.0 Å². The highest BCUT2D eigenvalue weighted by Crippen LogP contribution is 2.44. The van der Waals surface area contributed by atoms with Crippen molar-refractivity contribution in [1.29, 1.82) is 0 Å². The largest absolute Gasteiger partial charge is 0.489 e. The van der Waals surface area contributed by atoms with Crippen LogP contribution < -0.4 is 10.1 Å². The van der Waals surface area contributed by atoms with Crippen LogP contribution >= 0.6 is 0 Å². The van der Waals surface area contributed by atoms with Crippen LogP contribution in [0.2, 0.25) is 0 Å². The Hall–Kier alpha value is -2.30. The molecule has 25 heavy (non-hydrogen) atoms. The van der Waals surface area contributed by atoms with Crippen LogP contribution in [0.1, 0.15) is 53.1 Å². The zero-order valence-corrected chi connectivity index (χ0v) is 14.7. The first-order valence-corrected chi connectivity index (χ1v) is 9.07. The molecule has 0 saturated heterocycles. The van der Waals surface area contributed by atoms with Crippen molar-refractivity contribution in [2.45, 2.75) is 52.2 Å². The van der Waals surface area contributed by atoms with E-state index >= 15 is 0 Å². The summed E-state index contributed by atoms with van der Waals surface area (Å²) in [6, 6.07) is 7.72. The van der Waals surface area contributed by atoms with Gasteiger partial charge in [0, 0.05) is 11.6 Å². The highest BCUT2D eigenvalue weighted by molar-refractivity contribution is 5.94. The minimum absolute atomic E-state index is 0.0288. The standard InChI is InChI=1S/C20H24N2O3/c1-12-18(13(2)25-22-12)11-24-17-9-7-16(8-10-17)20(23)21-19(14-3-4-14)15-5-6-15/h7-10,14-15,19H,3-6,11H2,1-2H3,(H,21,23). The van der Waals surface area contributed by atoms with Crippen molar-refractivity contribution >= 4 is 5.91 Å². The molecule has 1 amide bonds. The Morgan fingerprint density at radius 1 is 1.20 bits per heavy atom. The predicted octanol–water partition coefficient (Wildman–Crippen LogP) is 3.79. The van der Waals surface area contributed by atoms with E-state index in [1.54, 1.807) is 0 Å². The fourth-order valence-corrected chi connectivity index (χ4v) is 3.33. The number of nitrogens with one attached hydrogen (secondary N) is 1. The van der Waals surface area contributed by atoms with Gasteiger partial charge in [0.05, 0.1) is 11.3 Å². The molecular formula is C20H24N2O3. The monoisotopic (exact) mass is 340 g/mol. The summed E-state index contributed by atoms with van der Waals surface area (Å²) in [6.07, 6.45) is 5.04. The van der Waals surface area contributed by atoms with Gasteiger partial charge in [0.15, 0.2) is 0 Å². The van der Waals surface area contributed by atoms with Crippen LogP contribution in [0.5, 0.6) is 5.75 Å². The summed E-state index contributed by atoms with van der Waals surface area (Å²) in [5.41, 5.74) is 2.51. The first-order valence-electron chi connectivity index (χ1n) is 9.07. The lowest BCUT2D eigenvalue weighted by atomic mass is 10.1. The molecule has 0 radical (unpaired) electrons. The van der Waals surface area contributed by atoms with Gasteiger partial charge < -0.3 is 14.6 Å². The predicted molar refractivity (Wildman–Crippen MR) is 93.5 cm³/mol. The molecular weight excluding hydrogens is 316 g/mol. The molecule has 1 heterocycles. The second-order valence-corrected chi connectivity index (χ2v) is 7.29. The molecule has 132 valence electrons. The third kappa shape index (κ3) is 3.70. The van der Waals surface area contributed by atoms with Crippen LogP contribution in [0.4, 0.5) is 0 Å². The minimum atomic E-state index is 0.0288. The number of amides is 1. The molecule has 0 atom stereocenters. The van der Waals surface area contributed by atoms with Crippen LogP contribution in [0.3, 0.4) is 0 Å². The third-order valence-corrected chi connectivity index (χ3v) is 5.24. The summed E-state index contributed by atoms with van der Waals surface area (Å²) in [4.78, 5) is 12.5. The first-order chi connectivity index (χ1) is 12.1. The normalized spacial score (nSPS) is 16.9. The van der Waals surface area contributed by atoms with Crippen molar-refractivity contribution in [3.05, 3.63) is 46.8 Å². The summed E-state index contributed by atoms with van der Waals surface area (Å²) >= 11 is 0. The Morgan fingerprint density at radius 3 is 2.36 bits per heavy atom. The van der Waals surface area contributed by atoms with Gasteiger partial charge in [-0.1, -0.05) is 5.16 Å². The molecule has 2 saturated carbocycles. The summed E-state index contributed by atoms with van der Waals surface area (Å²) in [5, 5.41) is 7.17. The molecule has 0 bridgehead atoms. The number of carbonyl (C=O) groups excluding carboxylic acids is 1. The SMILES string of the molecule is Cc1noc(C)c1COc1ccc(C(=O)NC(C2CC2)C2CC2)cc1. The van der Waals surface area contributed by atoms with Gasteiger partial charge in [0.1, 0.15) is 18.1 Å². The van der Waals surface area contributed by atoms with E-state index in [1.165, 1.54) is 25.7 Å². The molecule has 5 nitrogen and oxygen atoms in total. The van der Waals surface area contributed by atoms with E-state index in [9.17, 15) is 4.79 Å². The molecule has 4 rings (SSSR count). The highest BCUT2D eigenvalue weighted by Gasteiger charge is 2.42. The summed E-state index contributed by atoms with van der Waals surface area (Å²) in [6.45, 7) is 4.19. The van der Waals surface area contributed by atoms with Crippen LogP contribution in [-0.4, -0.2) is 17.1 Å². The molecule has 5 heteroatoms. The van der Waals surface area contributed by atoms with E-state index in [-0.39, 0.29) is 5.91 Å². The van der Waals surface area contributed by atoms with E-state index in [1.807, 2.05) is 38.1 Å². The molecule has 1 aromatic heterocycles. The van der Waals surface area contributed by atoms with Gasteiger partial charge in [-0.2, -0.15) is 0 Å². The average Bonchev–Trinajstić information content (AvgIpc) is 3.52. The zero-order valence-electron chi connectivity index (χ0n) is 14.7.